The van der Waals surface area contributed by atoms with Gasteiger partial charge in [0.15, 0.2) is 0 Å². The fourth-order valence-corrected chi connectivity index (χ4v) is 5.20. The lowest BCUT2D eigenvalue weighted by Gasteiger charge is -2.22. The molecule has 0 heterocycles. The summed E-state index contributed by atoms with van der Waals surface area (Å²) in [5.41, 5.74) is 3.14. The highest BCUT2D eigenvalue weighted by molar-refractivity contribution is 6.31. The van der Waals surface area contributed by atoms with Crippen LogP contribution in [0.4, 0.5) is 0 Å². The summed E-state index contributed by atoms with van der Waals surface area (Å²) < 4.78 is 24.5. The zero-order valence-electron chi connectivity index (χ0n) is 26.0. The van der Waals surface area contributed by atoms with Gasteiger partial charge in [0.25, 0.3) is 0 Å². The van der Waals surface area contributed by atoms with Crippen LogP contribution >= 0.6 is 11.6 Å². The van der Waals surface area contributed by atoms with Crippen LogP contribution < -0.4 is 9.47 Å². The Labute approximate surface area is 268 Å². The van der Waals surface area contributed by atoms with Gasteiger partial charge in [-0.15, -0.1) is 0 Å². The predicted molar refractivity (Wildman–Crippen MR) is 179 cm³/mol. The Morgan fingerprint density at radius 3 is 1.47 bits per heavy atom. The van der Waals surface area contributed by atoms with Gasteiger partial charge in [-0.1, -0.05) is 85.1 Å². The maximum Gasteiger partial charge on any atom is 0.338 e. The molecule has 5 rings (SSSR count). The van der Waals surface area contributed by atoms with Gasteiger partial charge < -0.3 is 18.9 Å². The molecule has 7 heteroatoms. The van der Waals surface area contributed by atoms with E-state index in [-0.39, 0.29) is 25.2 Å². The quantitative estimate of drug-likeness (QED) is 0.102. The molecule has 0 amide bonds. The number of rotatable bonds is 12. The van der Waals surface area contributed by atoms with E-state index in [1.54, 1.807) is 24.3 Å². The summed E-state index contributed by atoms with van der Waals surface area (Å²) in [6, 6.07) is 28.0. The summed E-state index contributed by atoms with van der Waals surface area (Å²) in [7, 11) is 0. The van der Waals surface area contributed by atoms with Crippen molar-refractivity contribution >= 4 is 45.1 Å². The highest BCUT2D eigenvalue weighted by Gasteiger charge is 2.22. The third-order valence-corrected chi connectivity index (χ3v) is 7.98. The van der Waals surface area contributed by atoms with Crippen molar-refractivity contribution < 1.29 is 28.5 Å². The highest BCUT2D eigenvalue weighted by Crippen LogP contribution is 2.44. The van der Waals surface area contributed by atoms with Crippen molar-refractivity contribution in [2.75, 3.05) is 13.2 Å². The molecule has 5 aromatic carbocycles. The molecule has 0 fully saturated rings. The van der Waals surface area contributed by atoms with Crippen molar-refractivity contribution in [3.8, 4) is 11.5 Å². The van der Waals surface area contributed by atoms with E-state index < -0.39 is 12.2 Å². The minimum Gasteiger partial charge on any atom is -0.488 e. The van der Waals surface area contributed by atoms with E-state index in [1.807, 2.05) is 94.4 Å². The zero-order chi connectivity index (χ0) is 31.9. The van der Waals surface area contributed by atoms with E-state index in [0.29, 0.717) is 40.5 Å². The SMILES string of the molecule is CCC(COc1c2ccccc2c(OCC(CC)OC(=O)c2ccc(C)cc2)c2cc(Cl)ccc12)OC(=O)c1ccc(C)cc1. The van der Waals surface area contributed by atoms with E-state index in [2.05, 4.69) is 0 Å². The van der Waals surface area contributed by atoms with E-state index in [4.69, 9.17) is 30.5 Å². The monoisotopic (exact) mass is 624 g/mol. The number of carbonyl (C=O) groups excluding carboxylic acids is 2. The molecule has 2 atom stereocenters. The van der Waals surface area contributed by atoms with Crippen LogP contribution in [0.2, 0.25) is 5.02 Å². The Kier molecular flexibility index (Phi) is 10.3. The molecule has 0 spiro atoms. The second-order valence-electron chi connectivity index (χ2n) is 11.1. The molecule has 0 aliphatic heterocycles. The lowest BCUT2D eigenvalue weighted by Crippen LogP contribution is -2.25. The van der Waals surface area contributed by atoms with Crippen LogP contribution in [0.15, 0.2) is 91.0 Å². The highest BCUT2D eigenvalue weighted by atomic mass is 35.5. The molecule has 0 saturated heterocycles. The van der Waals surface area contributed by atoms with Gasteiger partial charge in [-0.05, 0) is 69.2 Å². The molecule has 45 heavy (non-hydrogen) atoms. The summed E-state index contributed by atoms with van der Waals surface area (Å²) in [4.78, 5) is 25.6. The minimum absolute atomic E-state index is 0.160. The van der Waals surface area contributed by atoms with Gasteiger partial charge >= 0.3 is 11.9 Å². The first-order chi connectivity index (χ1) is 21.8. The van der Waals surface area contributed by atoms with Gasteiger partial charge in [0, 0.05) is 26.6 Å². The fourth-order valence-electron chi connectivity index (χ4n) is 5.02. The summed E-state index contributed by atoms with van der Waals surface area (Å²) in [6.45, 7) is 8.18. The summed E-state index contributed by atoms with van der Waals surface area (Å²) >= 11 is 6.48. The smallest absolute Gasteiger partial charge is 0.338 e. The molecule has 6 nitrogen and oxygen atoms in total. The van der Waals surface area contributed by atoms with Gasteiger partial charge in [0.05, 0.1) is 11.1 Å². The molecule has 0 saturated carbocycles. The minimum atomic E-state index is -0.462. The van der Waals surface area contributed by atoms with Crippen LogP contribution in [-0.4, -0.2) is 37.4 Å². The van der Waals surface area contributed by atoms with Crippen molar-refractivity contribution in [3.63, 3.8) is 0 Å². The zero-order valence-corrected chi connectivity index (χ0v) is 26.7. The van der Waals surface area contributed by atoms with Crippen LogP contribution in [0.1, 0.15) is 58.5 Å². The van der Waals surface area contributed by atoms with Gasteiger partial charge in [-0.25, -0.2) is 9.59 Å². The van der Waals surface area contributed by atoms with Crippen molar-refractivity contribution in [1.82, 2.24) is 0 Å². The van der Waals surface area contributed by atoms with Crippen molar-refractivity contribution in [3.05, 3.63) is 118 Å². The third kappa shape index (κ3) is 7.58. The number of aryl methyl sites for hydroxylation is 2. The van der Waals surface area contributed by atoms with Gasteiger partial charge in [-0.3, -0.25) is 0 Å². The lowest BCUT2D eigenvalue weighted by molar-refractivity contribution is 0.0159. The van der Waals surface area contributed by atoms with Gasteiger partial charge in [0.2, 0.25) is 0 Å². The second-order valence-corrected chi connectivity index (χ2v) is 11.6. The summed E-state index contributed by atoms with van der Waals surface area (Å²) in [5.74, 6) is 0.496. The van der Waals surface area contributed by atoms with Gasteiger partial charge in [-0.2, -0.15) is 0 Å². The van der Waals surface area contributed by atoms with Crippen LogP contribution in [0, 0.1) is 13.8 Å². The molecule has 2 unspecified atom stereocenters. The van der Waals surface area contributed by atoms with Crippen LogP contribution in [0.25, 0.3) is 21.5 Å². The van der Waals surface area contributed by atoms with Crippen LogP contribution in [0.3, 0.4) is 0 Å². The standard InChI is InChI=1S/C38H37ClO6/c1-5-29(44-37(40)26-15-11-24(3)12-16-26)22-42-35-31-9-7-8-10-32(31)36(34-21-28(39)19-20-33(34)35)43-23-30(6-2)45-38(41)27-17-13-25(4)14-18-27/h7-21,29-30H,5-6,22-23H2,1-4H3. The van der Waals surface area contributed by atoms with Crippen LogP contribution in [-0.2, 0) is 9.47 Å². The molecular formula is C38H37ClO6. The van der Waals surface area contributed by atoms with Gasteiger partial charge in [0.1, 0.15) is 36.9 Å². The molecule has 0 aliphatic rings. The molecule has 0 bridgehead atoms. The van der Waals surface area contributed by atoms with Crippen molar-refractivity contribution in [2.45, 2.75) is 52.7 Å². The second kappa shape index (κ2) is 14.5. The van der Waals surface area contributed by atoms with E-state index in [1.165, 1.54) is 0 Å². The molecule has 0 N–H and O–H groups in total. The number of hydrogen-bond acceptors (Lipinski definition) is 6. The number of ether oxygens (including phenoxy) is 4. The Hall–Kier alpha value is -4.55. The normalized spacial score (nSPS) is 12.5. The lowest BCUT2D eigenvalue weighted by atomic mass is 10.0. The average molecular weight is 625 g/mol. The number of esters is 2. The molecule has 0 aromatic heterocycles. The molecule has 5 aromatic rings. The first kappa shape index (κ1) is 31.9. The number of hydrogen-bond donors (Lipinski definition) is 0. The van der Waals surface area contributed by atoms with E-state index in [0.717, 1.165) is 32.7 Å². The third-order valence-electron chi connectivity index (χ3n) is 7.75. The summed E-state index contributed by atoms with van der Waals surface area (Å²) in [5, 5.41) is 3.78. The summed E-state index contributed by atoms with van der Waals surface area (Å²) in [6.07, 6.45) is 0.246. The Balaban J connectivity index is 1.40. The largest absolute Gasteiger partial charge is 0.488 e. The van der Waals surface area contributed by atoms with Crippen molar-refractivity contribution in [2.24, 2.45) is 0 Å². The number of carbonyl (C=O) groups is 2. The topological polar surface area (TPSA) is 71.1 Å². The maximum atomic E-state index is 12.8. The number of fused-ring (bicyclic) bond motifs is 2. The van der Waals surface area contributed by atoms with E-state index >= 15 is 0 Å². The van der Waals surface area contributed by atoms with Crippen molar-refractivity contribution in [1.29, 1.82) is 0 Å². The Bertz CT molecular complexity index is 1800. The molecule has 232 valence electrons. The fraction of sp³-hybridized carbons (Fsp3) is 0.263. The van der Waals surface area contributed by atoms with E-state index in [9.17, 15) is 9.59 Å². The molecule has 0 radical (unpaired) electrons. The van der Waals surface area contributed by atoms with Crippen LogP contribution in [0.5, 0.6) is 11.5 Å². The Morgan fingerprint density at radius 2 is 1.02 bits per heavy atom. The molecular weight excluding hydrogens is 588 g/mol. The maximum absolute atomic E-state index is 12.8. The number of benzene rings is 5. The first-order valence-corrected chi connectivity index (χ1v) is 15.6. The predicted octanol–water partition coefficient (Wildman–Crippen LogP) is 9.29. The number of halogens is 1. The average Bonchev–Trinajstić information content (AvgIpc) is 3.05. The Morgan fingerprint density at radius 1 is 0.600 bits per heavy atom. The first-order valence-electron chi connectivity index (χ1n) is 15.2. The molecule has 0 aliphatic carbocycles.